The monoisotopic (exact) mass is 1400 g/mol. The van der Waals surface area contributed by atoms with Gasteiger partial charge in [-0.1, -0.05) is 146 Å². The van der Waals surface area contributed by atoms with Crippen molar-refractivity contribution in [2.24, 2.45) is 0 Å². The fraction of sp³-hybridized carbons (Fsp3) is 0. The summed E-state index contributed by atoms with van der Waals surface area (Å²) in [4.78, 5) is 32.8. The Hall–Kier alpha value is -14.1. The van der Waals surface area contributed by atoms with Gasteiger partial charge in [0.05, 0.1) is 76.8 Å². The van der Waals surface area contributed by atoms with Crippen molar-refractivity contribution in [2.45, 2.75) is 0 Å². The standard InChI is InChI=1S/C45H26N6O2S.C44H26N4O3S/c1-3-15-27(16-4-1)43-47-37-40(49-33-23-11-13-25-35(33)52-36-26-14-12-24-34(36)49)42-38(48-44(54-42)28-17-5-2-6-18-28)39(41(37)53-43)51-32-22-10-9-21-31(32)50-30-20-8-7-19-29(30)46-45(50)51;1-5-13-37-33(9-1)47(34-10-2-6-14-38(34)49-37)29-21-17-27(18-22-29)43-45-31-26-42-32(25-41(31)51-43)46-44(52-42)28-19-23-30(24-20-28)48-35-11-3-7-15-39(35)50-40-16-8-4-12-36(40)48/h1-26H;1-26H. The molecule has 0 bridgehead atoms. The van der Waals surface area contributed by atoms with Crippen molar-refractivity contribution in [3.05, 3.63) is 315 Å². The summed E-state index contributed by atoms with van der Waals surface area (Å²) in [5.74, 6) is 6.67. The van der Waals surface area contributed by atoms with E-state index in [1.807, 2.05) is 158 Å². The van der Waals surface area contributed by atoms with Crippen molar-refractivity contribution < 1.29 is 23.0 Å². The van der Waals surface area contributed by atoms with Crippen LogP contribution in [0.25, 0.3) is 120 Å². The second-order valence-electron chi connectivity index (χ2n) is 25.9. The molecule has 0 amide bonds. The highest BCUT2D eigenvalue weighted by molar-refractivity contribution is 7.22. The van der Waals surface area contributed by atoms with Gasteiger partial charge in [-0.15, -0.1) is 22.7 Å². The van der Waals surface area contributed by atoms with Gasteiger partial charge in [0.2, 0.25) is 17.6 Å². The van der Waals surface area contributed by atoms with Gasteiger partial charge >= 0.3 is 0 Å². The van der Waals surface area contributed by atoms with E-state index in [1.54, 1.807) is 22.7 Å². The van der Waals surface area contributed by atoms with E-state index in [-0.39, 0.29) is 0 Å². The number of oxazole rings is 2. The smallest absolute Gasteiger partial charge is 0.227 e. The molecule has 500 valence electrons. The third-order valence-electron chi connectivity index (χ3n) is 19.7. The molecule has 0 saturated heterocycles. The summed E-state index contributed by atoms with van der Waals surface area (Å²) >= 11 is 3.30. The maximum absolute atomic E-state index is 7.05. The molecule has 3 aliphatic heterocycles. The summed E-state index contributed by atoms with van der Waals surface area (Å²) in [6.45, 7) is 0. The molecule has 6 aromatic heterocycles. The number of thiazole rings is 2. The molecule has 17 heteroatoms. The molecule has 0 spiro atoms. The zero-order valence-electron chi connectivity index (χ0n) is 55.9. The summed E-state index contributed by atoms with van der Waals surface area (Å²) in [6, 6.07) is 107. The van der Waals surface area contributed by atoms with Gasteiger partial charge in [0.15, 0.2) is 45.7 Å². The van der Waals surface area contributed by atoms with Crippen LogP contribution in [-0.4, -0.2) is 33.9 Å². The summed E-state index contributed by atoms with van der Waals surface area (Å²) in [7, 11) is 0. The first kappa shape index (κ1) is 59.5. The molecule has 20 aromatic rings. The molecule has 0 aliphatic carbocycles. The van der Waals surface area contributed by atoms with Crippen LogP contribution in [0.2, 0.25) is 0 Å². The van der Waals surface area contributed by atoms with E-state index in [0.29, 0.717) is 28.5 Å². The van der Waals surface area contributed by atoms with Gasteiger partial charge in [-0.25, -0.2) is 24.9 Å². The highest BCUT2D eigenvalue weighted by Crippen LogP contribution is 2.58. The number of fused-ring (bicyclic) bond motifs is 15. The average molecular weight is 1410 g/mol. The molecule has 0 N–H and O–H groups in total. The van der Waals surface area contributed by atoms with Crippen molar-refractivity contribution in [3.63, 3.8) is 0 Å². The first-order chi connectivity index (χ1) is 52.5. The van der Waals surface area contributed by atoms with Gasteiger partial charge in [0.1, 0.15) is 32.3 Å². The normalized spacial score (nSPS) is 12.7. The van der Waals surface area contributed by atoms with Gasteiger partial charge in [-0.2, -0.15) is 0 Å². The molecule has 0 unspecified atom stereocenters. The molecule has 0 radical (unpaired) electrons. The van der Waals surface area contributed by atoms with E-state index in [4.69, 9.17) is 48.0 Å². The largest absolute Gasteiger partial charge is 0.453 e. The lowest BCUT2D eigenvalue weighted by molar-refractivity contribution is 0.477. The molecule has 0 atom stereocenters. The fourth-order valence-electron chi connectivity index (χ4n) is 14.9. The second kappa shape index (κ2) is 23.7. The Morgan fingerprint density at radius 1 is 0.292 bits per heavy atom. The van der Waals surface area contributed by atoms with Crippen LogP contribution in [0.1, 0.15) is 0 Å². The lowest BCUT2D eigenvalue weighted by atomic mass is 10.1. The molecule has 15 nitrogen and oxygen atoms in total. The van der Waals surface area contributed by atoms with E-state index in [2.05, 4.69) is 181 Å². The minimum Gasteiger partial charge on any atom is -0.453 e. The van der Waals surface area contributed by atoms with Crippen molar-refractivity contribution in [1.29, 1.82) is 0 Å². The number of benzene rings is 14. The summed E-state index contributed by atoms with van der Waals surface area (Å²) < 4.78 is 38.7. The quantitative estimate of drug-likeness (QED) is 0.143. The fourth-order valence-corrected chi connectivity index (χ4v) is 17.0. The zero-order chi connectivity index (χ0) is 69.5. The number of imidazole rings is 2. The van der Waals surface area contributed by atoms with Crippen LogP contribution in [-0.2, 0) is 0 Å². The van der Waals surface area contributed by atoms with Gasteiger partial charge in [0, 0.05) is 39.7 Å². The van der Waals surface area contributed by atoms with E-state index in [9.17, 15) is 0 Å². The highest BCUT2D eigenvalue weighted by atomic mass is 32.1. The lowest BCUT2D eigenvalue weighted by Gasteiger charge is -2.33. The molecular formula is C89H52N10O5S2. The summed E-state index contributed by atoms with van der Waals surface area (Å²) in [5, 5.41) is 1.83. The average Bonchev–Trinajstić information content (AvgIpc) is 1.52. The summed E-state index contributed by atoms with van der Waals surface area (Å²) in [5.41, 5.74) is 21.8. The zero-order valence-corrected chi connectivity index (χ0v) is 57.5. The van der Waals surface area contributed by atoms with E-state index in [1.165, 1.54) is 0 Å². The number of para-hydroxylation sites is 16. The number of ether oxygens (including phenoxy) is 3. The van der Waals surface area contributed by atoms with Crippen molar-refractivity contribution in [2.75, 3.05) is 14.7 Å². The Labute approximate surface area is 611 Å². The van der Waals surface area contributed by atoms with Crippen LogP contribution in [0.3, 0.4) is 0 Å². The van der Waals surface area contributed by atoms with E-state index >= 15 is 0 Å². The van der Waals surface area contributed by atoms with Crippen LogP contribution in [0.4, 0.5) is 51.2 Å². The van der Waals surface area contributed by atoms with Crippen LogP contribution >= 0.6 is 22.7 Å². The molecule has 106 heavy (non-hydrogen) atoms. The molecule has 9 heterocycles. The molecule has 14 aromatic carbocycles. The van der Waals surface area contributed by atoms with Crippen LogP contribution in [0.15, 0.2) is 324 Å². The molecule has 23 rings (SSSR count). The van der Waals surface area contributed by atoms with Crippen molar-refractivity contribution >= 4 is 144 Å². The third-order valence-corrected chi connectivity index (χ3v) is 21.8. The Morgan fingerprint density at radius 3 is 1.30 bits per heavy atom. The number of hydrogen-bond acceptors (Lipinski definition) is 15. The highest BCUT2D eigenvalue weighted by Gasteiger charge is 2.36. The van der Waals surface area contributed by atoms with Crippen LogP contribution < -0.4 is 28.9 Å². The van der Waals surface area contributed by atoms with Crippen LogP contribution in [0.5, 0.6) is 34.5 Å². The second-order valence-corrected chi connectivity index (χ2v) is 28.0. The third kappa shape index (κ3) is 9.46. The molecule has 0 fully saturated rings. The van der Waals surface area contributed by atoms with E-state index in [0.717, 1.165) is 177 Å². The number of hydrogen-bond donors (Lipinski definition) is 0. The minimum absolute atomic E-state index is 0.518. The first-order valence-corrected chi connectivity index (χ1v) is 36.3. The number of rotatable bonds is 8. The Balaban J connectivity index is 0.000000132. The molecular weight excluding hydrogens is 1350 g/mol. The number of aromatic nitrogens is 7. The number of anilines is 9. The summed E-state index contributed by atoms with van der Waals surface area (Å²) in [6.07, 6.45) is 0. The number of nitrogens with zero attached hydrogens (tertiary/aromatic N) is 10. The maximum atomic E-state index is 7.05. The Bertz CT molecular complexity index is 6450. The molecule has 3 aliphatic rings. The van der Waals surface area contributed by atoms with Crippen molar-refractivity contribution in [1.82, 2.24) is 33.9 Å². The van der Waals surface area contributed by atoms with Gasteiger partial charge in [-0.3, -0.25) is 13.9 Å². The Kier molecular flexibility index (Phi) is 13.3. The first-order valence-electron chi connectivity index (χ1n) is 34.7. The predicted molar refractivity (Wildman–Crippen MR) is 423 cm³/mol. The van der Waals surface area contributed by atoms with Crippen molar-refractivity contribution in [3.8, 4) is 84.2 Å². The van der Waals surface area contributed by atoms with E-state index < -0.39 is 0 Å². The topological polar surface area (TPSA) is 137 Å². The predicted octanol–water partition coefficient (Wildman–Crippen LogP) is 25.0. The maximum Gasteiger partial charge on any atom is 0.227 e. The van der Waals surface area contributed by atoms with Crippen LogP contribution in [0, 0.1) is 0 Å². The SMILES string of the molecule is c1ccc(-c2nc3c(N4c5ccccc5Oc5ccccc54)c4sc(-c5ccccc5)nc4c(-n4c5ccccc5n5c6ccccc6nc45)c3o2)cc1.c1ccc2c(c1)Oc1ccccc1N2c1ccc(-c2nc3cc4sc(-c5ccc(N6c7ccccc7Oc7ccccc76)cc5)nc4cc3o2)cc1. The Morgan fingerprint density at radius 2 is 0.736 bits per heavy atom. The van der Waals surface area contributed by atoms with Gasteiger partial charge in [0.25, 0.3) is 0 Å². The van der Waals surface area contributed by atoms with Gasteiger partial charge in [-0.05, 0) is 164 Å². The lowest BCUT2D eigenvalue weighted by Crippen LogP contribution is -2.16. The minimum atomic E-state index is 0.518. The molecule has 0 saturated carbocycles. The van der Waals surface area contributed by atoms with Gasteiger partial charge < -0.3 is 32.8 Å².